The fourth-order valence-electron chi connectivity index (χ4n) is 1.36. The second kappa shape index (κ2) is 4.73. The van der Waals surface area contributed by atoms with Gasteiger partial charge in [-0.2, -0.15) is 4.68 Å². The fourth-order valence-corrected chi connectivity index (χ4v) is 1.68. The first kappa shape index (κ1) is 11.9. The molecule has 1 heterocycles. The third-order valence-corrected chi connectivity index (χ3v) is 2.88. The lowest BCUT2D eigenvalue weighted by molar-refractivity contribution is -0.389. The van der Waals surface area contributed by atoms with Crippen molar-refractivity contribution in [3.63, 3.8) is 0 Å². The number of nitro groups is 1. The normalized spacial score (nSPS) is 10.5. The van der Waals surface area contributed by atoms with Crippen LogP contribution in [0.25, 0.3) is 0 Å². The molecule has 0 saturated heterocycles. The van der Waals surface area contributed by atoms with Gasteiger partial charge in [0.15, 0.2) is 0 Å². The van der Waals surface area contributed by atoms with Crippen molar-refractivity contribution in [1.82, 2.24) is 9.78 Å². The molecule has 2 rings (SSSR count). The molecule has 1 aromatic heterocycles. The van der Waals surface area contributed by atoms with Gasteiger partial charge in [-0.15, -0.1) is 0 Å². The van der Waals surface area contributed by atoms with E-state index in [1.54, 1.807) is 24.4 Å². The fraction of sp³-hybridized carbons (Fsp3) is 0.100. The minimum atomic E-state index is -0.536. The first-order chi connectivity index (χ1) is 8.06. The van der Waals surface area contributed by atoms with E-state index in [1.165, 1.54) is 10.7 Å². The van der Waals surface area contributed by atoms with Crippen LogP contribution in [0.1, 0.15) is 5.56 Å². The summed E-state index contributed by atoms with van der Waals surface area (Å²) in [4.78, 5) is 9.92. The summed E-state index contributed by atoms with van der Waals surface area (Å²) in [5.74, 6) is -0.176. The van der Waals surface area contributed by atoms with Crippen LogP contribution in [-0.2, 0) is 6.54 Å². The van der Waals surface area contributed by atoms with Crippen molar-refractivity contribution < 1.29 is 4.92 Å². The zero-order chi connectivity index (χ0) is 12.4. The summed E-state index contributed by atoms with van der Waals surface area (Å²) >= 11 is 11.7. The molecule has 17 heavy (non-hydrogen) atoms. The Balaban J connectivity index is 2.19. The van der Waals surface area contributed by atoms with Gasteiger partial charge in [0.1, 0.15) is 0 Å². The van der Waals surface area contributed by atoms with Crippen molar-refractivity contribution in [2.24, 2.45) is 0 Å². The van der Waals surface area contributed by atoms with Crippen LogP contribution in [-0.4, -0.2) is 14.7 Å². The average Bonchev–Trinajstić information content (AvgIpc) is 2.72. The topological polar surface area (TPSA) is 61.0 Å². The maximum absolute atomic E-state index is 10.5. The van der Waals surface area contributed by atoms with Gasteiger partial charge in [0, 0.05) is 0 Å². The van der Waals surface area contributed by atoms with Gasteiger partial charge in [0.25, 0.3) is 0 Å². The molecule has 1 aromatic carbocycles. The number of benzene rings is 1. The number of nitrogens with zero attached hydrogens (tertiary/aromatic N) is 3. The van der Waals surface area contributed by atoms with Gasteiger partial charge in [-0.1, -0.05) is 29.3 Å². The highest BCUT2D eigenvalue weighted by atomic mass is 35.5. The lowest BCUT2D eigenvalue weighted by Gasteiger charge is -2.00. The van der Waals surface area contributed by atoms with Crippen molar-refractivity contribution in [3.8, 4) is 0 Å². The third kappa shape index (κ3) is 2.75. The second-order valence-electron chi connectivity index (χ2n) is 3.38. The Labute approximate surface area is 107 Å². The van der Waals surface area contributed by atoms with E-state index in [1.807, 2.05) is 0 Å². The number of hydrogen-bond acceptors (Lipinski definition) is 3. The molecule has 0 bridgehead atoms. The first-order valence-electron chi connectivity index (χ1n) is 4.68. The molecule has 0 radical (unpaired) electrons. The lowest BCUT2D eigenvalue weighted by atomic mass is 10.2. The Hall–Kier alpha value is -1.59. The molecular formula is C10H7Cl2N3O2. The van der Waals surface area contributed by atoms with E-state index in [4.69, 9.17) is 23.2 Å². The van der Waals surface area contributed by atoms with E-state index in [0.29, 0.717) is 16.6 Å². The Morgan fingerprint density at radius 1 is 1.29 bits per heavy atom. The van der Waals surface area contributed by atoms with Crippen molar-refractivity contribution in [2.45, 2.75) is 6.54 Å². The van der Waals surface area contributed by atoms with E-state index >= 15 is 0 Å². The zero-order valence-electron chi connectivity index (χ0n) is 8.51. The summed E-state index contributed by atoms with van der Waals surface area (Å²) < 4.78 is 1.47. The molecule has 0 amide bonds. The van der Waals surface area contributed by atoms with Crippen LogP contribution in [0, 0.1) is 10.1 Å². The second-order valence-corrected chi connectivity index (χ2v) is 4.19. The van der Waals surface area contributed by atoms with Crippen molar-refractivity contribution in [1.29, 1.82) is 0 Å². The van der Waals surface area contributed by atoms with E-state index in [9.17, 15) is 10.1 Å². The highest BCUT2D eigenvalue weighted by molar-refractivity contribution is 6.42. The van der Waals surface area contributed by atoms with E-state index in [0.717, 1.165) is 5.56 Å². The predicted octanol–water partition coefficient (Wildman–Crippen LogP) is 3.15. The number of hydrogen-bond donors (Lipinski definition) is 0. The molecule has 0 spiro atoms. The SMILES string of the molecule is O=[N+]([O-])c1ccn(Cc2ccc(Cl)c(Cl)c2)n1. The standard InChI is InChI=1S/C10H7Cl2N3O2/c11-8-2-1-7(5-9(8)12)6-14-4-3-10(13-14)15(16)17/h1-5H,6H2. The summed E-state index contributed by atoms with van der Waals surface area (Å²) in [6, 6.07) is 6.52. The number of halogens is 2. The van der Waals surface area contributed by atoms with Crippen molar-refractivity contribution >= 4 is 29.0 Å². The molecule has 0 unspecified atom stereocenters. The van der Waals surface area contributed by atoms with Gasteiger partial charge in [-0.05, 0) is 22.6 Å². The van der Waals surface area contributed by atoms with E-state index < -0.39 is 4.92 Å². The molecule has 0 aliphatic carbocycles. The largest absolute Gasteiger partial charge is 0.389 e. The quantitative estimate of drug-likeness (QED) is 0.637. The van der Waals surface area contributed by atoms with Gasteiger partial charge < -0.3 is 10.1 Å². The van der Waals surface area contributed by atoms with E-state index in [-0.39, 0.29) is 5.82 Å². The molecule has 0 atom stereocenters. The summed E-state index contributed by atoms with van der Waals surface area (Å²) in [5, 5.41) is 15.2. The van der Waals surface area contributed by atoms with Gasteiger partial charge in [-0.3, -0.25) is 0 Å². The first-order valence-corrected chi connectivity index (χ1v) is 5.43. The molecular weight excluding hydrogens is 265 g/mol. The van der Waals surface area contributed by atoms with Crippen LogP contribution in [0.2, 0.25) is 10.0 Å². The molecule has 0 N–H and O–H groups in total. The summed E-state index contributed by atoms with van der Waals surface area (Å²) in [6.45, 7) is 0.407. The minimum Gasteiger partial charge on any atom is -0.358 e. The van der Waals surface area contributed by atoms with Crippen LogP contribution < -0.4 is 0 Å². The maximum Gasteiger partial charge on any atom is 0.389 e. The molecule has 0 saturated carbocycles. The summed E-state index contributed by atoms with van der Waals surface area (Å²) in [7, 11) is 0. The number of aromatic nitrogens is 2. The highest BCUT2D eigenvalue weighted by Crippen LogP contribution is 2.23. The highest BCUT2D eigenvalue weighted by Gasteiger charge is 2.11. The molecule has 2 aromatic rings. The molecule has 0 fully saturated rings. The smallest absolute Gasteiger partial charge is 0.358 e. The minimum absolute atomic E-state index is 0.176. The van der Waals surface area contributed by atoms with Gasteiger partial charge in [0.05, 0.1) is 34.0 Å². The molecule has 0 aliphatic rings. The van der Waals surface area contributed by atoms with Gasteiger partial charge >= 0.3 is 5.82 Å². The third-order valence-electron chi connectivity index (χ3n) is 2.14. The van der Waals surface area contributed by atoms with Crippen LogP contribution in [0.15, 0.2) is 30.5 Å². The average molecular weight is 272 g/mol. The van der Waals surface area contributed by atoms with Crippen LogP contribution >= 0.6 is 23.2 Å². The lowest BCUT2D eigenvalue weighted by Crippen LogP contribution is -2.01. The summed E-state index contributed by atoms with van der Waals surface area (Å²) in [6.07, 6.45) is 1.54. The monoisotopic (exact) mass is 271 g/mol. The summed E-state index contributed by atoms with van der Waals surface area (Å²) in [5.41, 5.74) is 0.873. The Morgan fingerprint density at radius 2 is 2.06 bits per heavy atom. The molecule has 7 heteroatoms. The Morgan fingerprint density at radius 3 is 2.65 bits per heavy atom. The Kier molecular flexibility index (Phi) is 3.31. The molecule has 5 nitrogen and oxygen atoms in total. The van der Waals surface area contributed by atoms with Crippen LogP contribution in [0.5, 0.6) is 0 Å². The Bertz CT molecular complexity index is 568. The molecule has 88 valence electrons. The van der Waals surface area contributed by atoms with Gasteiger partial charge in [0.2, 0.25) is 0 Å². The van der Waals surface area contributed by atoms with E-state index in [2.05, 4.69) is 5.10 Å². The van der Waals surface area contributed by atoms with Crippen LogP contribution in [0.3, 0.4) is 0 Å². The predicted molar refractivity (Wildman–Crippen MR) is 64.4 cm³/mol. The van der Waals surface area contributed by atoms with Crippen LogP contribution in [0.4, 0.5) is 5.82 Å². The van der Waals surface area contributed by atoms with Crippen molar-refractivity contribution in [2.75, 3.05) is 0 Å². The number of rotatable bonds is 3. The van der Waals surface area contributed by atoms with Gasteiger partial charge in [-0.25, -0.2) is 0 Å². The maximum atomic E-state index is 10.5. The van der Waals surface area contributed by atoms with Crippen molar-refractivity contribution in [3.05, 3.63) is 56.2 Å². The molecule has 0 aliphatic heterocycles. The zero-order valence-corrected chi connectivity index (χ0v) is 10.0.